The number of ether oxygens (including phenoxy) is 2. The van der Waals surface area contributed by atoms with E-state index in [2.05, 4.69) is 11.4 Å². The quantitative estimate of drug-likeness (QED) is 0.533. The molecule has 0 aromatic heterocycles. The minimum absolute atomic E-state index is 0.124. The van der Waals surface area contributed by atoms with Crippen molar-refractivity contribution >= 4 is 5.91 Å². The molecule has 0 saturated heterocycles. The zero-order chi connectivity index (χ0) is 21.7. The Kier molecular flexibility index (Phi) is 6.12. The number of hydrogen-bond acceptors (Lipinski definition) is 4. The fourth-order valence-electron chi connectivity index (χ4n) is 4.20. The molecule has 0 unspecified atom stereocenters. The summed E-state index contributed by atoms with van der Waals surface area (Å²) in [5, 5.41) is 12.8. The molecule has 3 aromatic rings. The Hall–Kier alpha value is -3.47. The first-order chi connectivity index (χ1) is 15.1. The average Bonchev–Trinajstić information content (AvgIpc) is 2.81. The van der Waals surface area contributed by atoms with Crippen LogP contribution in [-0.4, -0.2) is 18.1 Å². The molecule has 1 saturated carbocycles. The van der Waals surface area contributed by atoms with Crippen molar-refractivity contribution in [1.82, 2.24) is 5.32 Å². The number of phenolic OH excluding ortho intramolecular Hbond substituents is 1. The van der Waals surface area contributed by atoms with E-state index in [-0.39, 0.29) is 11.7 Å². The molecule has 0 radical (unpaired) electrons. The van der Waals surface area contributed by atoms with Gasteiger partial charge in [-0.2, -0.15) is 0 Å². The van der Waals surface area contributed by atoms with Gasteiger partial charge in [0.05, 0.1) is 12.6 Å². The van der Waals surface area contributed by atoms with E-state index in [1.54, 1.807) is 43.5 Å². The maximum atomic E-state index is 13.3. The van der Waals surface area contributed by atoms with E-state index in [4.69, 9.17) is 9.47 Å². The summed E-state index contributed by atoms with van der Waals surface area (Å²) in [4.78, 5) is 13.3. The Labute approximate surface area is 182 Å². The van der Waals surface area contributed by atoms with Gasteiger partial charge in [-0.3, -0.25) is 4.79 Å². The van der Waals surface area contributed by atoms with Crippen LogP contribution in [0.1, 0.15) is 48.0 Å². The largest absolute Gasteiger partial charge is 0.508 e. The number of carbonyl (C=O) groups is 1. The first kappa shape index (κ1) is 20.8. The summed E-state index contributed by atoms with van der Waals surface area (Å²) < 4.78 is 11.3. The van der Waals surface area contributed by atoms with Gasteiger partial charge < -0.3 is 19.9 Å². The van der Waals surface area contributed by atoms with Crippen molar-refractivity contribution in [2.75, 3.05) is 7.11 Å². The van der Waals surface area contributed by atoms with E-state index in [0.29, 0.717) is 17.1 Å². The van der Waals surface area contributed by atoms with E-state index in [1.807, 2.05) is 30.3 Å². The fourth-order valence-corrected chi connectivity index (χ4v) is 4.20. The Morgan fingerprint density at radius 3 is 2.32 bits per heavy atom. The highest BCUT2D eigenvalue weighted by atomic mass is 16.5. The van der Waals surface area contributed by atoms with Crippen molar-refractivity contribution in [3.05, 3.63) is 83.9 Å². The maximum Gasteiger partial charge on any atom is 0.252 e. The predicted octanol–water partition coefficient (Wildman–Crippen LogP) is 5.78. The molecule has 0 atom stereocenters. The topological polar surface area (TPSA) is 67.8 Å². The molecule has 5 nitrogen and oxygen atoms in total. The smallest absolute Gasteiger partial charge is 0.252 e. The molecule has 3 aromatic carbocycles. The van der Waals surface area contributed by atoms with Gasteiger partial charge >= 0.3 is 0 Å². The van der Waals surface area contributed by atoms with Gasteiger partial charge in [0.1, 0.15) is 23.0 Å². The van der Waals surface area contributed by atoms with Crippen molar-refractivity contribution in [1.29, 1.82) is 0 Å². The molecule has 0 spiro atoms. The standard InChI is InChI=1S/C26H27NO4/c1-30-23-9-6-8-20(18-23)26(15-3-2-4-16-26)27-25(29)19-7-5-10-24(17-19)31-22-13-11-21(28)12-14-22/h5-14,17-18,28H,2-4,15-16H2,1H3,(H,27,29). The first-order valence-electron chi connectivity index (χ1n) is 10.6. The third-order valence-corrected chi connectivity index (χ3v) is 5.85. The number of nitrogens with one attached hydrogen (secondary N) is 1. The number of aromatic hydroxyl groups is 1. The molecule has 2 N–H and O–H groups in total. The number of amides is 1. The SMILES string of the molecule is COc1cccc(C2(NC(=O)c3cccc(Oc4ccc(O)cc4)c3)CCCCC2)c1. The highest BCUT2D eigenvalue weighted by Crippen LogP contribution is 2.38. The number of benzene rings is 3. The second-order valence-electron chi connectivity index (χ2n) is 7.95. The van der Waals surface area contributed by atoms with Crippen LogP contribution in [0.3, 0.4) is 0 Å². The summed E-state index contributed by atoms with van der Waals surface area (Å²) in [5.41, 5.74) is 1.22. The Morgan fingerprint density at radius 1 is 0.871 bits per heavy atom. The molecule has 1 aliphatic rings. The summed E-state index contributed by atoms with van der Waals surface area (Å²) >= 11 is 0. The van der Waals surface area contributed by atoms with E-state index in [1.165, 1.54) is 6.42 Å². The summed E-state index contributed by atoms with van der Waals surface area (Å²) in [5.74, 6) is 2.01. The summed E-state index contributed by atoms with van der Waals surface area (Å²) in [6.07, 6.45) is 5.12. The van der Waals surface area contributed by atoms with Crippen LogP contribution < -0.4 is 14.8 Å². The molecule has 5 heteroatoms. The predicted molar refractivity (Wildman–Crippen MR) is 120 cm³/mol. The van der Waals surface area contributed by atoms with Gasteiger partial charge in [-0.05, 0) is 73.0 Å². The van der Waals surface area contributed by atoms with Crippen molar-refractivity contribution in [2.24, 2.45) is 0 Å². The minimum atomic E-state index is -0.405. The zero-order valence-corrected chi connectivity index (χ0v) is 17.6. The molecule has 0 bridgehead atoms. The number of methoxy groups -OCH3 is 1. The minimum Gasteiger partial charge on any atom is -0.508 e. The monoisotopic (exact) mass is 417 g/mol. The highest BCUT2D eigenvalue weighted by Gasteiger charge is 2.36. The molecule has 1 aliphatic carbocycles. The normalized spacial score (nSPS) is 15.1. The molecule has 0 aliphatic heterocycles. The van der Waals surface area contributed by atoms with E-state index < -0.39 is 5.54 Å². The maximum absolute atomic E-state index is 13.3. The van der Waals surface area contributed by atoms with Crippen LogP contribution >= 0.6 is 0 Å². The molecule has 1 fully saturated rings. The summed E-state index contributed by atoms with van der Waals surface area (Å²) in [6, 6.07) is 21.6. The number of carbonyl (C=O) groups excluding carboxylic acids is 1. The van der Waals surface area contributed by atoms with Crippen LogP contribution in [0.5, 0.6) is 23.0 Å². The van der Waals surface area contributed by atoms with Crippen LogP contribution in [-0.2, 0) is 5.54 Å². The van der Waals surface area contributed by atoms with E-state index >= 15 is 0 Å². The number of rotatable bonds is 6. The van der Waals surface area contributed by atoms with Crippen LogP contribution in [0.25, 0.3) is 0 Å². The number of phenols is 1. The van der Waals surface area contributed by atoms with Gasteiger partial charge in [0.15, 0.2) is 0 Å². The fraction of sp³-hybridized carbons (Fsp3) is 0.269. The van der Waals surface area contributed by atoms with Gasteiger partial charge in [-0.25, -0.2) is 0 Å². The summed E-state index contributed by atoms with van der Waals surface area (Å²) in [6.45, 7) is 0. The van der Waals surface area contributed by atoms with Gasteiger partial charge in [0.2, 0.25) is 0 Å². The lowest BCUT2D eigenvalue weighted by Crippen LogP contribution is -2.47. The highest BCUT2D eigenvalue weighted by molar-refractivity contribution is 5.95. The van der Waals surface area contributed by atoms with E-state index in [9.17, 15) is 9.90 Å². The molecule has 0 heterocycles. The molecular formula is C26H27NO4. The van der Waals surface area contributed by atoms with Crippen LogP contribution in [0.4, 0.5) is 0 Å². The van der Waals surface area contributed by atoms with Crippen LogP contribution in [0.15, 0.2) is 72.8 Å². The van der Waals surface area contributed by atoms with Crippen LogP contribution in [0.2, 0.25) is 0 Å². The van der Waals surface area contributed by atoms with Crippen molar-refractivity contribution in [2.45, 2.75) is 37.6 Å². The molecule has 4 rings (SSSR count). The molecule has 1 amide bonds. The molecule has 160 valence electrons. The average molecular weight is 418 g/mol. The third kappa shape index (κ3) is 4.82. The van der Waals surface area contributed by atoms with Crippen LogP contribution in [0, 0.1) is 0 Å². The second-order valence-corrected chi connectivity index (χ2v) is 7.95. The molecular weight excluding hydrogens is 390 g/mol. The molecule has 31 heavy (non-hydrogen) atoms. The lowest BCUT2D eigenvalue weighted by molar-refractivity contribution is 0.0865. The third-order valence-electron chi connectivity index (χ3n) is 5.85. The van der Waals surface area contributed by atoms with Crippen molar-refractivity contribution in [3.63, 3.8) is 0 Å². The van der Waals surface area contributed by atoms with Crippen molar-refractivity contribution in [3.8, 4) is 23.0 Å². The number of hydrogen-bond donors (Lipinski definition) is 2. The Bertz CT molecular complexity index is 1040. The van der Waals surface area contributed by atoms with Gasteiger partial charge in [0.25, 0.3) is 5.91 Å². The lowest BCUT2D eigenvalue weighted by Gasteiger charge is -2.39. The van der Waals surface area contributed by atoms with Crippen molar-refractivity contribution < 1.29 is 19.4 Å². The van der Waals surface area contributed by atoms with Gasteiger partial charge in [-0.1, -0.05) is 37.5 Å². The Morgan fingerprint density at radius 2 is 1.58 bits per heavy atom. The second kappa shape index (κ2) is 9.13. The summed E-state index contributed by atoms with van der Waals surface area (Å²) in [7, 11) is 1.66. The van der Waals surface area contributed by atoms with Gasteiger partial charge in [-0.15, -0.1) is 0 Å². The zero-order valence-electron chi connectivity index (χ0n) is 17.6. The lowest BCUT2D eigenvalue weighted by atomic mass is 9.76. The Balaban J connectivity index is 1.57. The van der Waals surface area contributed by atoms with E-state index in [0.717, 1.165) is 37.0 Å². The van der Waals surface area contributed by atoms with Gasteiger partial charge in [0, 0.05) is 5.56 Å². The first-order valence-corrected chi connectivity index (χ1v) is 10.6.